The van der Waals surface area contributed by atoms with E-state index in [4.69, 9.17) is 10.5 Å². The molecule has 1 atom stereocenters. The molecule has 0 bridgehead atoms. The standard InChI is InChI=1S/C15H14Br2FNO/c1-20-15-5-2-9(6-12(15)17)7-14(19)10-3-4-11(16)13(18)8-10/h2-6,8,14H,7,19H2,1H3. The Morgan fingerprint density at radius 1 is 1.15 bits per heavy atom. The van der Waals surface area contributed by atoms with Crippen molar-refractivity contribution in [3.63, 3.8) is 0 Å². The van der Waals surface area contributed by atoms with Crippen molar-refractivity contribution in [2.45, 2.75) is 12.5 Å². The van der Waals surface area contributed by atoms with Crippen molar-refractivity contribution in [3.05, 3.63) is 62.3 Å². The molecule has 20 heavy (non-hydrogen) atoms. The largest absolute Gasteiger partial charge is 0.496 e. The maximum Gasteiger partial charge on any atom is 0.137 e. The van der Waals surface area contributed by atoms with Gasteiger partial charge >= 0.3 is 0 Å². The van der Waals surface area contributed by atoms with Crippen LogP contribution in [0.5, 0.6) is 5.75 Å². The second-order valence-corrected chi connectivity index (χ2v) is 6.16. The van der Waals surface area contributed by atoms with Crippen LogP contribution in [-0.4, -0.2) is 7.11 Å². The van der Waals surface area contributed by atoms with E-state index in [1.807, 2.05) is 24.3 Å². The second-order valence-electron chi connectivity index (χ2n) is 4.45. The van der Waals surface area contributed by atoms with Gasteiger partial charge in [-0.3, -0.25) is 0 Å². The highest BCUT2D eigenvalue weighted by Crippen LogP contribution is 2.28. The van der Waals surface area contributed by atoms with Crippen LogP contribution in [0.2, 0.25) is 0 Å². The Balaban J connectivity index is 2.16. The SMILES string of the molecule is COc1ccc(CC(N)c2ccc(Br)c(F)c2)cc1Br. The minimum Gasteiger partial charge on any atom is -0.496 e. The summed E-state index contributed by atoms with van der Waals surface area (Å²) in [7, 11) is 1.62. The molecule has 0 aliphatic carbocycles. The first-order valence-electron chi connectivity index (χ1n) is 6.04. The molecule has 2 aromatic carbocycles. The third kappa shape index (κ3) is 3.59. The van der Waals surface area contributed by atoms with Crippen molar-refractivity contribution in [1.29, 1.82) is 0 Å². The average molecular weight is 403 g/mol. The highest BCUT2D eigenvalue weighted by Gasteiger charge is 2.11. The zero-order valence-corrected chi connectivity index (χ0v) is 14.0. The van der Waals surface area contributed by atoms with Gasteiger partial charge in [-0.2, -0.15) is 0 Å². The van der Waals surface area contributed by atoms with Crippen molar-refractivity contribution in [2.24, 2.45) is 5.73 Å². The molecular weight excluding hydrogens is 389 g/mol. The summed E-state index contributed by atoms with van der Waals surface area (Å²) in [6, 6.07) is 10.5. The summed E-state index contributed by atoms with van der Waals surface area (Å²) < 4.78 is 20.0. The van der Waals surface area contributed by atoms with Gasteiger partial charge in [-0.15, -0.1) is 0 Å². The molecule has 0 spiro atoms. The number of hydrogen-bond acceptors (Lipinski definition) is 2. The predicted octanol–water partition coefficient (Wildman–Crippen LogP) is 4.60. The molecule has 2 aromatic rings. The molecule has 0 fully saturated rings. The van der Waals surface area contributed by atoms with Crippen LogP contribution in [0.15, 0.2) is 45.3 Å². The summed E-state index contributed by atoms with van der Waals surface area (Å²) in [4.78, 5) is 0. The third-order valence-electron chi connectivity index (χ3n) is 3.04. The molecule has 5 heteroatoms. The first-order chi connectivity index (χ1) is 9.51. The smallest absolute Gasteiger partial charge is 0.137 e. The molecule has 2 N–H and O–H groups in total. The van der Waals surface area contributed by atoms with Crippen molar-refractivity contribution in [3.8, 4) is 5.75 Å². The van der Waals surface area contributed by atoms with Gasteiger partial charge in [0, 0.05) is 6.04 Å². The Morgan fingerprint density at radius 3 is 2.50 bits per heavy atom. The fraction of sp³-hybridized carbons (Fsp3) is 0.200. The highest BCUT2D eigenvalue weighted by atomic mass is 79.9. The lowest BCUT2D eigenvalue weighted by molar-refractivity contribution is 0.412. The molecule has 0 heterocycles. The molecule has 0 saturated carbocycles. The molecule has 1 unspecified atom stereocenters. The van der Waals surface area contributed by atoms with Crippen LogP contribution in [0.1, 0.15) is 17.2 Å². The maximum atomic E-state index is 13.5. The van der Waals surface area contributed by atoms with Gasteiger partial charge in [0.2, 0.25) is 0 Å². The molecule has 2 rings (SSSR count). The van der Waals surface area contributed by atoms with Crippen LogP contribution in [0, 0.1) is 5.82 Å². The number of rotatable bonds is 4. The van der Waals surface area contributed by atoms with Crippen LogP contribution >= 0.6 is 31.9 Å². The topological polar surface area (TPSA) is 35.2 Å². The molecule has 106 valence electrons. The van der Waals surface area contributed by atoms with Gasteiger partial charge < -0.3 is 10.5 Å². The Hall–Kier alpha value is -0.910. The minimum atomic E-state index is -0.297. The lowest BCUT2D eigenvalue weighted by Crippen LogP contribution is -2.13. The van der Waals surface area contributed by atoms with Gasteiger partial charge in [0.25, 0.3) is 0 Å². The molecule has 2 nitrogen and oxygen atoms in total. The zero-order chi connectivity index (χ0) is 14.7. The monoisotopic (exact) mass is 401 g/mol. The summed E-state index contributed by atoms with van der Waals surface area (Å²) in [5.74, 6) is 0.478. The first-order valence-corrected chi connectivity index (χ1v) is 7.63. The summed E-state index contributed by atoms with van der Waals surface area (Å²) in [5, 5.41) is 0. The Bertz CT molecular complexity index is 619. The molecule has 0 aliphatic heterocycles. The molecular formula is C15H14Br2FNO. The lowest BCUT2D eigenvalue weighted by Gasteiger charge is -2.14. The van der Waals surface area contributed by atoms with Crippen LogP contribution < -0.4 is 10.5 Å². The average Bonchev–Trinajstić information content (AvgIpc) is 2.42. The molecule has 0 amide bonds. The summed E-state index contributed by atoms with van der Waals surface area (Å²) in [6.07, 6.45) is 0.629. The van der Waals surface area contributed by atoms with E-state index in [0.717, 1.165) is 21.3 Å². The van der Waals surface area contributed by atoms with Gasteiger partial charge in [-0.1, -0.05) is 12.1 Å². The van der Waals surface area contributed by atoms with Crippen LogP contribution in [-0.2, 0) is 6.42 Å². The van der Waals surface area contributed by atoms with E-state index in [-0.39, 0.29) is 11.9 Å². The summed E-state index contributed by atoms with van der Waals surface area (Å²) >= 11 is 6.58. The molecule has 0 radical (unpaired) electrons. The van der Waals surface area contributed by atoms with Gasteiger partial charge in [0.1, 0.15) is 11.6 Å². The van der Waals surface area contributed by atoms with E-state index in [0.29, 0.717) is 10.9 Å². The normalized spacial score (nSPS) is 12.2. The summed E-state index contributed by atoms with van der Waals surface area (Å²) in [5.41, 5.74) is 7.98. The zero-order valence-electron chi connectivity index (χ0n) is 10.9. The van der Waals surface area contributed by atoms with Gasteiger partial charge in [0.05, 0.1) is 16.1 Å². The van der Waals surface area contributed by atoms with Gasteiger partial charge in [0.15, 0.2) is 0 Å². The Morgan fingerprint density at radius 2 is 1.90 bits per heavy atom. The molecule has 0 aromatic heterocycles. The van der Waals surface area contributed by atoms with Crippen molar-refractivity contribution in [2.75, 3.05) is 7.11 Å². The lowest BCUT2D eigenvalue weighted by atomic mass is 9.99. The number of benzene rings is 2. The highest BCUT2D eigenvalue weighted by molar-refractivity contribution is 9.10. The fourth-order valence-corrected chi connectivity index (χ4v) is 2.79. The first kappa shape index (κ1) is 15.5. The van der Waals surface area contributed by atoms with Crippen LogP contribution in [0.4, 0.5) is 4.39 Å². The molecule has 0 saturated heterocycles. The van der Waals surface area contributed by atoms with E-state index >= 15 is 0 Å². The van der Waals surface area contributed by atoms with Crippen LogP contribution in [0.3, 0.4) is 0 Å². The number of nitrogens with two attached hydrogens (primary N) is 1. The Labute approximate surface area is 134 Å². The van der Waals surface area contributed by atoms with Crippen molar-refractivity contribution in [1.82, 2.24) is 0 Å². The van der Waals surface area contributed by atoms with E-state index in [9.17, 15) is 4.39 Å². The fourth-order valence-electron chi connectivity index (χ4n) is 1.95. The number of ether oxygens (including phenoxy) is 1. The van der Waals surface area contributed by atoms with E-state index in [1.54, 1.807) is 13.2 Å². The van der Waals surface area contributed by atoms with Crippen LogP contribution in [0.25, 0.3) is 0 Å². The van der Waals surface area contributed by atoms with Gasteiger partial charge in [-0.25, -0.2) is 4.39 Å². The quantitative estimate of drug-likeness (QED) is 0.810. The van der Waals surface area contributed by atoms with E-state index < -0.39 is 0 Å². The third-order valence-corrected chi connectivity index (χ3v) is 4.31. The minimum absolute atomic E-state index is 0.252. The Kier molecular flexibility index (Phi) is 5.18. The summed E-state index contributed by atoms with van der Waals surface area (Å²) in [6.45, 7) is 0. The predicted molar refractivity (Wildman–Crippen MR) is 85.4 cm³/mol. The maximum absolute atomic E-state index is 13.5. The van der Waals surface area contributed by atoms with Crippen molar-refractivity contribution < 1.29 is 9.13 Å². The van der Waals surface area contributed by atoms with E-state index in [1.165, 1.54) is 6.07 Å². The van der Waals surface area contributed by atoms with E-state index in [2.05, 4.69) is 31.9 Å². The van der Waals surface area contributed by atoms with Gasteiger partial charge in [-0.05, 0) is 73.7 Å². The number of methoxy groups -OCH3 is 1. The number of halogens is 3. The number of hydrogen-bond donors (Lipinski definition) is 1. The second kappa shape index (κ2) is 6.70. The molecule has 0 aliphatic rings. The van der Waals surface area contributed by atoms with Crippen molar-refractivity contribution >= 4 is 31.9 Å².